The van der Waals surface area contributed by atoms with Gasteiger partial charge in [-0.25, -0.2) is 0 Å². The molecule has 0 amide bonds. The van der Waals surface area contributed by atoms with Gasteiger partial charge in [-0.05, 0) is 37.3 Å². The van der Waals surface area contributed by atoms with E-state index in [2.05, 4.69) is 19.9 Å². The molecule has 0 aromatic carbocycles. The molecule has 0 spiro atoms. The van der Waals surface area contributed by atoms with Gasteiger partial charge in [0.25, 0.3) is 0 Å². The highest BCUT2D eigenvalue weighted by molar-refractivity contribution is 5.38. The summed E-state index contributed by atoms with van der Waals surface area (Å²) in [7, 11) is 0. The lowest BCUT2D eigenvalue weighted by Gasteiger charge is -2.15. The highest BCUT2D eigenvalue weighted by Crippen LogP contribution is 2.26. The largest absolute Gasteiger partial charge is 0.512 e. The molecule has 1 aliphatic rings. The Morgan fingerprint density at radius 2 is 2.25 bits per heavy atom. The van der Waals surface area contributed by atoms with Gasteiger partial charge < -0.3 is 5.11 Å². The van der Waals surface area contributed by atoms with E-state index >= 15 is 0 Å². The average molecular weight is 165 g/mol. The maximum atomic E-state index is 9.55. The number of rotatable bonds is 3. The molecule has 1 N–H and O–H groups in total. The number of unbranched alkanes of at least 4 members (excludes halogenated alkanes) is 1. The summed E-state index contributed by atoms with van der Waals surface area (Å²) in [6.45, 7) is 4.25. The van der Waals surface area contributed by atoms with E-state index in [9.17, 15) is 5.11 Å². The van der Waals surface area contributed by atoms with Gasteiger partial charge in [-0.3, -0.25) is 0 Å². The summed E-state index contributed by atoms with van der Waals surface area (Å²) in [6.07, 6.45) is 8.31. The molecule has 0 atom stereocenters. The maximum absolute atomic E-state index is 9.55. The molecule has 0 saturated carbocycles. The van der Waals surface area contributed by atoms with Crippen molar-refractivity contribution in [2.45, 2.75) is 39.5 Å². The summed E-state index contributed by atoms with van der Waals surface area (Å²) in [5.74, 6) is 0.503. The Morgan fingerprint density at radius 1 is 1.50 bits per heavy atom. The second-order valence-corrected chi connectivity index (χ2v) is 3.29. The molecular formula is C11H17O. The van der Waals surface area contributed by atoms with Crippen LogP contribution in [0.2, 0.25) is 0 Å². The van der Waals surface area contributed by atoms with Crippen molar-refractivity contribution >= 4 is 0 Å². The Labute approximate surface area is 74.8 Å². The van der Waals surface area contributed by atoms with Gasteiger partial charge in [0.15, 0.2) is 0 Å². The van der Waals surface area contributed by atoms with Crippen molar-refractivity contribution in [3.63, 3.8) is 0 Å². The third-order valence-electron chi connectivity index (χ3n) is 2.30. The van der Waals surface area contributed by atoms with Crippen LogP contribution in [-0.4, -0.2) is 5.11 Å². The van der Waals surface area contributed by atoms with Crippen molar-refractivity contribution in [1.82, 2.24) is 0 Å². The average Bonchev–Trinajstić information content (AvgIpc) is 2.04. The highest BCUT2D eigenvalue weighted by atomic mass is 16.3. The maximum Gasteiger partial charge on any atom is 0.0998 e. The van der Waals surface area contributed by atoms with Crippen molar-refractivity contribution in [2.24, 2.45) is 0 Å². The Hall–Kier alpha value is -0.720. The topological polar surface area (TPSA) is 20.2 Å². The van der Waals surface area contributed by atoms with E-state index in [1.807, 2.05) is 6.42 Å². The molecule has 0 aromatic heterocycles. The predicted octanol–water partition coefficient (Wildman–Crippen LogP) is 3.54. The molecular weight excluding hydrogens is 148 g/mol. The first-order chi connectivity index (χ1) is 5.75. The molecule has 12 heavy (non-hydrogen) atoms. The van der Waals surface area contributed by atoms with Crippen LogP contribution in [0.15, 0.2) is 23.0 Å². The molecule has 0 aliphatic heterocycles. The lowest BCUT2D eigenvalue weighted by Crippen LogP contribution is -1.99. The zero-order valence-electron chi connectivity index (χ0n) is 7.93. The Bertz CT molecular complexity index is 211. The van der Waals surface area contributed by atoms with E-state index in [-0.39, 0.29) is 0 Å². The van der Waals surface area contributed by atoms with E-state index in [0.29, 0.717) is 5.76 Å². The lowest BCUT2D eigenvalue weighted by atomic mass is 9.93. The molecule has 67 valence electrons. The number of hydrogen-bond donors (Lipinski definition) is 1. The van der Waals surface area contributed by atoms with Gasteiger partial charge in [0.2, 0.25) is 0 Å². The van der Waals surface area contributed by atoms with Crippen molar-refractivity contribution in [3.8, 4) is 0 Å². The first-order valence-corrected chi connectivity index (χ1v) is 4.68. The molecule has 0 fully saturated rings. The summed E-state index contributed by atoms with van der Waals surface area (Å²) < 4.78 is 0. The lowest BCUT2D eigenvalue weighted by molar-refractivity contribution is 0.407. The van der Waals surface area contributed by atoms with Crippen molar-refractivity contribution in [3.05, 3.63) is 29.4 Å². The Balaban J connectivity index is 2.63. The molecule has 1 heteroatoms. The third-order valence-corrected chi connectivity index (χ3v) is 2.30. The monoisotopic (exact) mass is 165 g/mol. The molecule has 1 nitrogen and oxygen atoms in total. The van der Waals surface area contributed by atoms with Gasteiger partial charge in [-0.2, -0.15) is 0 Å². The zero-order chi connectivity index (χ0) is 8.97. The summed E-state index contributed by atoms with van der Waals surface area (Å²) >= 11 is 0. The quantitative estimate of drug-likeness (QED) is 0.678. The summed E-state index contributed by atoms with van der Waals surface area (Å²) in [6, 6.07) is 0. The van der Waals surface area contributed by atoms with E-state index < -0.39 is 0 Å². The van der Waals surface area contributed by atoms with Crippen LogP contribution in [-0.2, 0) is 0 Å². The zero-order valence-corrected chi connectivity index (χ0v) is 7.93. The molecule has 0 heterocycles. The molecule has 0 unspecified atom stereocenters. The fourth-order valence-corrected chi connectivity index (χ4v) is 1.47. The van der Waals surface area contributed by atoms with E-state index in [0.717, 1.165) is 18.4 Å². The summed E-state index contributed by atoms with van der Waals surface area (Å²) in [5, 5.41) is 9.55. The van der Waals surface area contributed by atoms with Gasteiger partial charge >= 0.3 is 0 Å². The molecule has 0 aromatic rings. The first kappa shape index (κ1) is 9.37. The second-order valence-electron chi connectivity index (χ2n) is 3.29. The molecule has 0 bridgehead atoms. The van der Waals surface area contributed by atoms with Crippen LogP contribution in [0.5, 0.6) is 0 Å². The smallest absolute Gasteiger partial charge is 0.0998 e. The summed E-state index contributed by atoms with van der Waals surface area (Å²) in [4.78, 5) is 0. The van der Waals surface area contributed by atoms with E-state index in [4.69, 9.17) is 0 Å². The summed E-state index contributed by atoms with van der Waals surface area (Å²) in [5.41, 5.74) is 2.39. The second kappa shape index (κ2) is 4.34. The van der Waals surface area contributed by atoms with Gasteiger partial charge in [-0.15, -0.1) is 0 Å². The van der Waals surface area contributed by atoms with Gasteiger partial charge in [0.1, 0.15) is 0 Å². The fourth-order valence-electron chi connectivity index (χ4n) is 1.47. The first-order valence-electron chi connectivity index (χ1n) is 4.68. The van der Waals surface area contributed by atoms with Crippen LogP contribution in [0.1, 0.15) is 39.5 Å². The van der Waals surface area contributed by atoms with Crippen LogP contribution < -0.4 is 0 Å². The minimum atomic E-state index is 0.503. The van der Waals surface area contributed by atoms with Crippen LogP contribution in [0.25, 0.3) is 0 Å². The fraction of sp³-hybridized carbons (Fsp3) is 0.545. The van der Waals surface area contributed by atoms with Gasteiger partial charge in [0, 0.05) is 6.42 Å². The number of aliphatic hydroxyl groups excluding tert-OH is 1. The standard InChI is InChI=1S/C11H17O/c1-3-4-7-10-9(2)6-5-8-11(10)12/h6,8,12H,3-5,7H2,1-2H3. The van der Waals surface area contributed by atoms with Crippen LogP contribution in [0.4, 0.5) is 0 Å². The number of allylic oxidation sites excluding steroid dienone is 4. The third kappa shape index (κ3) is 2.13. The van der Waals surface area contributed by atoms with E-state index in [1.54, 1.807) is 0 Å². The molecule has 1 rings (SSSR count). The molecule has 0 saturated heterocycles. The highest BCUT2D eigenvalue weighted by Gasteiger charge is 2.11. The predicted molar refractivity (Wildman–Crippen MR) is 51.9 cm³/mol. The van der Waals surface area contributed by atoms with Crippen molar-refractivity contribution < 1.29 is 5.11 Å². The SMILES string of the molecule is CCCCC1=C(O)[CH]CC=C1C. The van der Waals surface area contributed by atoms with Gasteiger partial charge in [0.05, 0.1) is 5.76 Å². The number of aliphatic hydroxyl groups is 1. The van der Waals surface area contributed by atoms with Crippen LogP contribution in [0, 0.1) is 6.42 Å². The van der Waals surface area contributed by atoms with Crippen LogP contribution in [0.3, 0.4) is 0 Å². The minimum absolute atomic E-state index is 0.503. The molecule has 1 aliphatic carbocycles. The normalized spacial score (nSPS) is 18.0. The Morgan fingerprint density at radius 3 is 2.83 bits per heavy atom. The Kier molecular flexibility index (Phi) is 3.39. The van der Waals surface area contributed by atoms with Crippen molar-refractivity contribution in [1.29, 1.82) is 0 Å². The minimum Gasteiger partial charge on any atom is -0.512 e. The van der Waals surface area contributed by atoms with Crippen LogP contribution >= 0.6 is 0 Å². The molecule has 1 radical (unpaired) electrons. The number of hydrogen-bond acceptors (Lipinski definition) is 1. The van der Waals surface area contributed by atoms with E-state index in [1.165, 1.54) is 18.4 Å². The van der Waals surface area contributed by atoms with Crippen molar-refractivity contribution in [2.75, 3.05) is 0 Å². The van der Waals surface area contributed by atoms with Gasteiger partial charge in [-0.1, -0.05) is 19.4 Å².